The van der Waals surface area contributed by atoms with Gasteiger partial charge in [-0.05, 0) is 43.5 Å². The number of benzene rings is 1. The zero-order valence-corrected chi connectivity index (χ0v) is 11.7. The Balaban J connectivity index is 2.18. The van der Waals surface area contributed by atoms with Crippen molar-refractivity contribution in [2.45, 2.75) is 31.7 Å². The first-order chi connectivity index (χ1) is 8.59. The van der Waals surface area contributed by atoms with Crippen LogP contribution >= 0.6 is 15.9 Å². The van der Waals surface area contributed by atoms with E-state index in [0.717, 1.165) is 5.56 Å². The first kappa shape index (κ1) is 13.8. The molecule has 1 N–H and O–H groups in total. The van der Waals surface area contributed by atoms with Crippen LogP contribution in [0.15, 0.2) is 18.2 Å². The maximum absolute atomic E-state index is 13.1. The Hall–Kier alpha value is -0.650. The van der Waals surface area contributed by atoms with Crippen LogP contribution in [0.2, 0.25) is 0 Å². The lowest BCUT2D eigenvalue weighted by Crippen LogP contribution is -2.51. The Kier molecular flexibility index (Phi) is 4.25. The highest BCUT2D eigenvalue weighted by molar-refractivity contribution is 9.09. The topological polar surface area (TPSA) is 38.7 Å². The molecular weight excluding hydrogens is 303 g/mol. The van der Waals surface area contributed by atoms with E-state index in [1.54, 1.807) is 6.07 Å². The van der Waals surface area contributed by atoms with Crippen LogP contribution in [-0.4, -0.2) is 28.9 Å². The van der Waals surface area contributed by atoms with E-state index in [4.69, 9.17) is 9.47 Å². The molecule has 1 heterocycles. The van der Waals surface area contributed by atoms with Crippen molar-refractivity contribution < 1.29 is 19.0 Å². The fraction of sp³-hybridized carbons (Fsp3) is 0.538. The highest BCUT2D eigenvalue weighted by Crippen LogP contribution is 2.33. The van der Waals surface area contributed by atoms with Crippen molar-refractivity contribution in [1.29, 1.82) is 0 Å². The van der Waals surface area contributed by atoms with Gasteiger partial charge in [0, 0.05) is 6.61 Å². The summed E-state index contributed by atoms with van der Waals surface area (Å²) < 4.78 is 24.2. The molecule has 0 spiro atoms. The standard InChI is InChI=1S/C13H16BrFO3/c1-2-17-13(16,8-14)12-6-3-9-7-10(15)4-5-11(9)18-12/h4-5,7,12,16H,2-3,6,8H2,1H3. The second-order valence-corrected chi connectivity index (χ2v) is 4.87. The van der Waals surface area contributed by atoms with Gasteiger partial charge >= 0.3 is 0 Å². The minimum Gasteiger partial charge on any atom is -0.484 e. The molecule has 18 heavy (non-hydrogen) atoms. The van der Waals surface area contributed by atoms with Gasteiger partial charge in [0.05, 0.1) is 5.33 Å². The first-order valence-electron chi connectivity index (χ1n) is 5.96. The van der Waals surface area contributed by atoms with Crippen molar-refractivity contribution in [3.05, 3.63) is 29.6 Å². The molecule has 0 radical (unpaired) electrons. The predicted molar refractivity (Wildman–Crippen MR) is 69.5 cm³/mol. The third kappa shape index (κ3) is 2.68. The molecule has 1 aliphatic rings. The summed E-state index contributed by atoms with van der Waals surface area (Å²) in [5.74, 6) is -0.996. The quantitative estimate of drug-likeness (QED) is 0.685. The van der Waals surface area contributed by atoms with Crippen LogP contribution < -0.4 is 4.74 Å². The van der Waals surface area contributed by atoms with Crippen molar-refractivity contribution in [2.24, 2.45) is 0 Å². The van der Waals surface area contributed by atoms with Gasteiger partial charge < -0.3 is 14.6 Å². The second kappa shape index (κ2) is 5.55. The van der Waals surface area contributed by atoms with E-state index in [-0.39, 0.29) is 11.1 Å². The van der Waals surface area contributed by atoms with Crippen LogP contribution in [0.1, 0.15) is 18.9 Å². The highest BCUT2D eigenvalue weighted by Gasteiger charge is 2.40. The lowest BCUT2D eigenvalue weighted by molar-refractivity contribution is -0.234. The average Bonchev–Trinajstić information content (AvgIpc) is 2.38. The van der Waals surface area contributed by atoms with Gasteiger partial charge in [-0.1, -0.05) is 15.9 Å². The molecule has 0 aliphatic carbocycles. The van der Waals surface area contributed by atoms with Crippen LogP contribution in [0.5, 0.6) is 5.75 Å². The fourth-order valence-electron chi connectivity index (χ4n) is 2.14. The number of fused-ring (bicyclic) bond motifs is 1. The molecule has 2 unspecified atom stereocenters. The van der Waals surface area contributed by atoms with Crippen LogP contribution in [-0.2, 0) is 11.2 Å². The number of aryl methyl sites for hydroxylation is 1. The Morgan fingerprint density at radius 2 is 2.39 bits per heavy atom. The van der Waals surface area contributed by atoms with Crippen LogP contribution in [0, 0.1) is 5.82 Å². The van der Waals surface area contributed by atoms with Crippen molar-refractivity contribution in [3.8, 4) is 5.75 Å². The summed E-state index contributed by atoms with van der Waals surface area (Å²) in [6.07, 6.45) is 0.813. The summed E-state index contributed by atoms with van der Waals surface area (Å²) in [4.78, 5) is 0. The van der Waals surface area contributed by atoms with Crippen molar-refractivity contribution in [2.75, 3.05) is 11.9 Å². The minimum absolute atomic E-state index is 0.267. The fourth-order valence-corrected chi connectivity index (χ4v) is 2.67. The summed E-state index contributed by atoms with van der Waals surface area (Å²) in [5.41, 5.74) is 0.833. The highest BCUT2D eigenvalue weighted by atomic mass is 79.9. The molecule has 1 aliphatic heterocycles. The number of hydrogen-bond donors (Lipinski definition) is 1. The van der Waals surface area contributed by atoms with Gasteiger partial charge in [-0.15, -0.1) is 0 Å². The molecule has 100 valence electrons. The number of aliphatic hydroxyl groups is 1. The van der Waals surface area contributed by atoms with Gasteiger partial charge in [-0.25, -0.2) is 4.39 Å². The number of rotatable bonds is 4. The molecular formula is C13H16BrFO3. The summed E-state index contributed by atoms with van der Waals surface area (Å²) in [5, 5.41) is 10.6. The summed E-state index contributed by atoms with van der Waals surface area (Å²) in [6.45, 7) is 2.22. The molecule has 2 rings (SSSR count). The third-order valence-corrected chi connectivity index (χ3v) is 3.86. The molecule has 0 amide bonds. The lowest BCUT2D eigenvalue weighted by Gasteiger charge is -2.37. The first-order valence-corrected chi connectivity index (χ1v) is 7.08. The van der Waals surface area contributed by atoms with E-state index < -0.39 is 11.9 Å². The normalized spacial score (nSPS) is 21.9. The number of hydrogen-bond acceptors (Lipinski definition) is 3. The molecule has 0 fully saturated rings. The van der Waals surface area contributed by atoms with Crippen molar-refractivity contribution >= 4 is 15.9 Å². The second-order valence-electron chi connectivity index (χ2n) is 4.31. The largest absolute Gasteiger partial charge is 0.484 e. The Morgan fingerprint density at radius 1 is 1.61 bits per heavy atom. The lowest BCUT2D eigenvalue weighted by atomic mass is 9.97. The van der Waals surface area contributed by atoms with E-state index in [1.165, 1.54) is 12.1 Å². The van der Waals surface area contributed by atoms with Gasteiger partial charge in [-0.2, -0.15) is 0 Å². The number of ether oxygens (including phenoxy) is 2. The average molecular weight is 319 g/mol. The van der Waals surface area contributed by atoms with Crippen molar-refractivity contribution in [1.82, 2.24) is 0 Å². The zero-order valence-electron chi connectivity index (χ0n) is 10.2. The molecule has 1 aromatic carbocycles. The Labute approximate surface area is 114 Å². The molecule has 3 nitrogen and oxygen atoms in total. The predicted octanol–water partition coefficient (Wildman–Crippen LogP) is 2.64. The summed E-state index contributed by atoms with van der Waals surface area (Å²) >= 11 is 3.25. The van der Waals surface area contributed by atoms with E-state index >= 15 is 0 Å². The monoisotopic (exact) mass is 318 g/mol. The molecule has 0 saturated heterocycles. The number of halogens is 2. The molecule has 0 aromatic heterocycles. The molecule has 0 saturated carbocycles. The van der Waals surface area contributed by atoms with E-state index in [0.29, 0.717) is 25.2 Å². The maximum atomic E-state index is 13.1. The summed E-state index contributed by atoms with van der Waals surface area (Å²) in [6, 6.07) is 4.42. The van der Waals surface area contributed by atoms with E-state index in [1.807, 2.05) is 6.92 Å². The third-order valence-electron chi connectivity index (χ3n) is 3.06. The zero-order chi connectivity index (χ0) is 13.2. The maximum Gasteiger partial charge on any atom is 0.213 e. The van der Waals surface area contributed by atoms with E-state index in [9.17, 15) is 9.50 Å². The van der Waals surface area contributed by atoms with Gasteiger partial charge in [0.15, 0.2) is 6.10 Å². The van der Waals surface area contributed by atoms with Gasteiger partial charge in [-0.3, -0.25) is 0 Å². The van der Waals surface area contributed by atoms with Gasteiger partial charge in [0.2, 0.25) is 5.79 Å². The Bertz CT molecular complexity index is 427. The molecule has 0 bridgehead atoms. The molecule has 2 atom stereocenters. The van der Waals surface area contributed by atoms with Crippen LogP contribution in [0.25, 0.3) is 0 Å². The smallest absolute Gasteiger partial charge is 0.213 e. The molecule has 5 heteroatoms. The van der Waals surface area contributed by atoms with Gasteiger partial charge in [0.25, 0.3) is 0 Å². The van der Waals surface area contributed by atoms with Crippen LogP contribution in [0.3, 0.4) is 0 Å². The van der Waals surface area contributed by atoms with Gasteiger partial charge in [0.1, 0.15) is 11.6 Å². The number of alkyl halides is 1. The molecule has 1 aromatic rings. The van der Waals surface area contributed by atoms with Crippen LogP contribution in [0.4, 0.5) is 4.39 Å². The minimum atomic E-state index is -1.35. The van der Waals surface area contributed by atoms with E-state index in [2.05, 4.69) is 15.9 Å². The summed E-state index contributed by atoms with van der Waals surface area (Å²) in [7, 11) is 0. The Morgan fingerprint density at radius 3 is 3.06 bits per heavy atom. The SMILES string of the molecule is CCOC(O)(CBr)C1CCc2cc(F)ccc2O1. The van der Waals surface area contributed by atoms with Crippen molar-refractivity contribution in [3.63, 3.8) is 0 Å².